The maximum Gasteiger partial charge on any atom is 0.244 e. The first-order chi connectivity index (χ1) is 5.16. The number of hydrogen-bond acceptors (Lipinski definition) is 2. The van der Waals surface area contributed by atoms with Crippen LogP contribution in [0.1, 0.15) is 13.8 Å². The molecule has 1 amide bonds. The quantitative estimate of drug-likeness (QED) is 0.551. The fourth-order valence-corrected chi connectivity index (χ4v) is 1.08. The molecule has 62 valence electrons. The Morgan fingerprint density at radius 3 is 2.64 bits per heavy atom. The number of allylic oxidation sites excluding steroid dienone is 1. The van der Waals surface area contributed by atoms with E-state index in [1.807, 2.05) is 13.8 Å². The third kappa shape index (κ3) is 2.05. The number of nitrogens with one attached hydrogen (secondary N) is 2. The van der Waals surface area contributed by atoms with Gasteiger partial charge in [0.15, 0.2) is 0 Å². The van der Waals surface area contributed by atoms with Gasteiger partial charge in [-0.05, 0) is 19.9 Å². The van der Waals surface area contributed by atoms with E-state index >= 15 is 0 Å². The lowest BCUT2D eigenvalue weighted by Gasteiger charge is -2.39. The number of hydrogen-bond donors (Lipinski definition) is 2. The molecule has 0 aromatic heterocycles. The molecule has 3 nitrogen and oxygen atoms in total. The zero-order valence-electron chi connectivity index (χ0n) is 6.98. The van der Waals surface area contributed by atoms with Crippen molar-refractivity contribution in [2.75, 3.05) is 13.1 Å². The molecule has 1 aliphatic rings. The van der Waals surface area contributed by atoms with Crippen LogP contribution < -0.4 is 10.6 Å². The SMILES string of the molecule is C/C=C/C(=O)NC1(C)CNC1. The van der Waals surface area contributed by atoms with Crippen LogP contribution in [0.3, 0.4) is 0 Å². The Kier molecular flexibility index (Phi) is 2.29. The molecule has 1 fully saturated rings. The predicted octanol–water partition coefficient (Wildman–Crippen LogP) is 0.0406. The molecule has 3 heteroatoms. The van der Waals surface area contributed by atoms with Crippen molar-refractivity contribution in [3.63, 3.8) is 0 Å². The minimum absolute atomic E-state index is 0.00324. The van der Waals surface area contributed by atoms with E-state index in [2.05, 4.69) is 10.6 Å². The minimum Gasteiger partial charge on any atom is -0.345 e. The van der Waals surface area contributed by atoms with E-state index in [0.29, 0.717) is 0 Å². The summed E-state index contributed by atoms with van der Waals surface area (Å²) in [6.45, 7) is 5.61. The molecule has 0 saturated carbocycles. The van der Waals surface area contributed by atoms with Gasteiger partial charge in [-0.2, -0.15) is 0 Å². The fourth-order valence-electron chi connectivity index (χ4n) is 1.08. The zero-order valence-corrected chi connectivity index (χ0v) is 6.98. The molecule has 1 rings (SSSR count). The topological polar surface area (TPSA) is 41.1 Å². The first-order valence-electron chi connectivity index (χ1n) is 3.82. The van der Waals surface area contributed by atoms with Gasteiger partial charge in [-0.25, -0.2) is 0 Å². The van der Waals surface area contributed by atoms with Crippen LogP contribution >= 0.6 is 0 Å². The highest BCUT2D eigenvalue weighted by atomic mass is 16.1. The van der Waals surface area contributed by atoms with Crippen molar-refractivity contribution in [3.8, 4) is 0 Å². The van der Waals surface area contributed by atoms with Crippen LogP contribution in [0, 0.1) is 0 Å². The molecule has 0 atom stereocenters. The first kappa shape index (κ1) is 8.27. The van der Waals surface area contributed by atoms with Crippen molar-refractivity contribution in [2.45, 2.75) is 19.4 Å². The Morgan fingerprint density at radius 1 is 1.64 bits per heavy atom. The highest BCUT2D eigenvalue weighted by molar-refractivity contribution is 5.88. The van der Waals surface area contributed by atoms with Crippen molar-refractivity contribution >= 4 is 5.91 Å². The van der Waals surface area contributed by atoms with E-state index in [0.717, 1.165) is 13.1 Å². The number of amides is 1. The van der Waals surface area contributed by atoms with E-state index in [4.69, 9.17) is 0 Å². The van der Waals surface area contributed by atoms with E-state index < -0.39 is 0 Å². The van der Waals surface area contributed by atoms with Crippen LogP contribution in [-0.2, 0) is 4.79 Å². The molecule has 0 aliphatic carbocycles. The molecular weight excluding hydrogens is 140 g/mol. The van der Waals surface area contributed by atoms with E-state index in [9.17, 15) is 4.79 Å². The van der Waals surface area contributed by atoms with Crippen LogP contribution in [0.2, 0.25) is 0 Å². The largest absolute Gasteiger partial charge is 0.345 e. The van der Waals surface area contributed by atoms with Gasteiger partial charge in [-0.3, -0.25) is 4.79 Å². The van der Waals surface area contributed by atoms with Crippen molar-refractivity contribution in [2.24, 2.45) is 0 Å². The maximum atomic E-state index is 11.0. The summed E-state index contributed by atoms with van der Waals surface area (Å²) in [5.74, 6) is -0.00324. The molecule has 2 N–H and O–H groups in total. The highest BCUT2D eigenvalue weighted by Gasteiger charge is 2.32. The third-order valence-corrected chi connectivity index (χ3v) is 1.77. The van der Waals surface area contributed by atoms with Crippen LogP contribution in [0.25, 0.3) is 0 Å². The standard InChI is InChI=1S/C8H14N2O/c1-3-4-7(11)10-8(2)5-9-6-8/h3-4,9H,5-6H2,1-2H3,(H,10,11)/b4-3+. The molecule has 0 unspecified atom stereocenters. The molecule has 0 aromatic carbocycles. The second kappa shape index (κ2) is 3.05. The predicted molar refractivity (Wildman–Crippen MR) is 44.2 cm³/mol. The van der Waals surface area contributed by atoms with Gasteiger partial charge in [0, 0.05) is 13.1 Å². The maximum absolute atomic E-state index is 11.0. The molecule has 0 aromatic rings. The number of carbonyl (C=O) groups excluding carboxylic acids is 1. The monoisotopic (exact) mass is 154 g/mol. The second-order valence-electron chi connectivity index (χ2n) is 3.15. The lowest BCUT2D eigenvalue weighted by molar-refractivity contribution is -0.118. The Balaban J connectivity index is 2.35. The lowest BCUT2D eigenvalue weighted by atomic mass is 9.95. The molecule has 1 heterocycles. The van der Waals surface area contributed by atoms with Crippen LogP contribution in [0.5, 0.6) is 0 Å². The summed E-state index contributed by atoms with van der Waals surface area (Å²) < 4.78 is 0. The summed E-state index contributed by atoms with van der Waals surface area (Å²) in [6.07, 6.45) is 3.29. The molecule has 0 bridgehead atoms. The average Bonchev–Trinajstić information content (AvgIpc) is 1.85. The van der Waals surface area contributed by atoms with Gasteiger partial charge in [0.2, 0.25) is 5.91 Å². The molecule has 0 spiro atoms. The van der Waals surface area contributed by atoms with Crippen molar-refractivity contribution in [1.82, 2.24) is 10.6 Å². The molecule has 1 saturated heterocycles. The van der Waals surface area contributed by atoms with E-state index in [1.54, 1.807) is 12.2 Å². The smallest absolute Gasteiger partial charge is 0.244 e. The Labute approximate surface area is 66.9 Å². The number of rotatable bonds is 2. The van der Waals surface area contributed by atoms with Crippen molar-refractivity contribution < 1.29 is 4.79 Å². The third-order valence-electron chi connectivity index (χ3n) is 1.77. The summed E-state index contributed by atoms with van der Waals surface area (Å²) in [7, 11) is 0. The average molecular weight is 154 g/mol. The molecular formula is C8H14N2O. The van der Waals surface area contributed by atoms with Crippen molar-refractivity contribution in [1.29, 1.82) is 0 Å². The van der Waals surface area contributed by atoms with Crippen LogP contribution in [0.15, 0.2) is 12.2 Å². The molecule has 0 radical (unpaired) electrons. The molecule has 11 heavy (non-hydrogen) atoms. The summed E-state index contributed by atoms with van der Waals surface area (Å²) in [4.78, 5) is 11.0. The van der Waals surface area contributed by atoms with Gasteiger partial charge in [0.1, 0.15) is 0 Å². The lowest BCUT2D eigenvalue weighted by Crippen LogP contribution is -2.66. The highest BCUT2D eigenvalue weighted by Crippen LogP contribution is 2.08. The summed E-state index contributed by atoms with van der Waals surface area (Å²) in [6, 6.07) is 0. The van der Waals surface area contributed by atoms with Gasteiger partial charge in [0.25, 0.3) is 0 Å². The summed E-state index contributed by atoms with van der Waals surface area (Å²) >= 11 is 0. The molecule has 1 aliphatic heterocycles. The first-order valence-corrected chi connectivity index (χ1v) is 3.82. The van der Waals surface area contributed by atoms with Gasteiger partial charge in [0.05, 0.1) is 5.54 Å². The van der Waals surface area contributed by atoms with Crippen LogP contribution in [-0.4, -0.2) is 24.5 Å². The van der Waals surface area contributed by atoms with Gasteiger partial charge in [-0.1, -0.05) is 6.08 Å². The Morgan fingerprint density at radius 2 is 2.27 bits per heavy atom. The Hall–Kier alpha value is -0.830. The van der Waals surface area contributed by atoms with E-state index in [-0.39, 0.29) is 11.4 Å². The minimum atomic E-state index is -0.0173. The van der Waals surface area contributed by atoms with Crippen molar-refractivity contribution in [3.05, 3.63) is 12.2 Å². The van der Waals surface area contributed by atoms with Gasteiger partial charge >= 0.3 is 0 Å². The van der Waals surface area contributed by atoms with E-state index in [1.165, 1.54) is 0 Å². The fraction of sp³-hybridized carbons (Fsp3) is 0.625. The normalized spacial score (nSPS) is 21.3. The Bertz CT molecular complexity index is 183. The van der Waals surface area contributed by atoms with Gasteiger partial charge < -0.3 is 10.6 Å². The second-order valence-corrected chi connectivity index (χ2v) is 3.15. The van der Waals surface area contributed by atoms with Gasteiger partial charge in [-0.15, -0.1) is 0 Å². The number of carbonyl (C=O) groups is 1. The summed E-state index contributed by atoms with van der Waals surface area (Å²) in [5.41, 5.74) is -0.0173. The zero-order chi connectivity index (χ0) is 8.32. The van der Waals surface area contributed by atoms with Crippen LogP contribution in [0.4, 0.5) is 0 Å². The summed E-state index contributed by atoms with van der Waals surface area (Å²) in [5, 5.41) is 6.02.